The van der Waals surface area contributed by atoms with Gasteiger partial charge in [-0.2, -0.15) is 0 Å². The summed E-state index contributed by atoms with van der Waals surface area (Å²) in [5.41, 5.74) is 4.47. The summed E-state index contributed by atoms with van der Waals surface area (Å²) < 4.78 is 0. The molecule has 0 bridgehead atoms. The Labute approximate surface area is 35.1 Å². The molecule has 4 heteroatoms. The Hall–Kier alpha value is -0.770. The molecule has 0 spiro atoms. The van der Waals surface area contributed by atoms with Gasteiger partial charge in [-0.15, -0.1) is 0 Å². The van der Waals surface area contributed by atoms with Crippen molar-refractivity contribution in [3.05, 3.63) is 0 Å². The summed E-state index contributed by atoms with van der Waals surface area (Å²) in [5.74, 6) is 0. The normalized spacial score (nSPS) is 7.67. The lowest BCUT2D eigenvalue weighted by molar-refractivity contribution is -0.0140. The Morgan fingerprint density at radius 3 is 2.17 bits per heavy atom. The van der Waals surface area contributed by atoms with E-state index in [9.17, 15) is 4.79 Å². The van der Waals surface area contributed by atoms with Gasteiger partial charge in [0.15, 0.2) is 0 Å². The van der Waals surface area contributed by atoms with Crippen LogP contribution in [0.3, 0.4) is 0 Å². The maximum absolute atomic E-state index is 9.60. The molecule has 0 aliphatic rings. The van der Waals surface area contributed by atoms with Gasteiger partial charge < -0.3 is 5.73 Å². The van der Waals surface area contributed by atoms with Crippen molar-refractivity contribution in [2.24, 2.45) is 5.73 Å². The lowest BCUT2D eigenvalue weighted by Crippen LogP contribution is -2.28. The summed E-state index contributed by atoms with van der Waals surface area (Å²) in [4.78, 5) is 9.60. The number of carbonyl (C=O) groups excluding carboxylic acids is 1. The second-order valence-corrected chi connectivity index (χ2v) is 0.862. The van der Waals surface area contributed by atoms with Crippen molar-refractivity contribution in [3.63, 3.8) is 0 Å². The van der Waals surface area contributed by atoms with E-state index in [0.29, 0.717) is 5.06 Å². The Morgan fingerprint density at radius 1 is 2.00 bits per heavy atom. The van der Waals surface area contributed by atoms with Crippen LogP contribution in [0.4, 0.5) is 4.79 Å². The van der Waals surface area contributed by atoms with Crippen LogP contribution in [-0.2, 0) is 0 Å². The van der Waals surface area contributed by atoms with E-state index in [4.69, 9.17) is 5.21 Å². The SMILES string of the molecule is CN(O)C(N)=O. The van der Waals surface area contributed by atoms with Crippen molar-refractivity contribution >= 4 is 6.03 Å². The average Bonchev–Trinajstić information content (AvgIpc) is 1.36. The zero-order chi connectivity index (χ0) is 5.15. The molecule has 6 heavy (non-hydrogen) atoms. The molecule has 0 aliphatic heterocycles. The van der Waals surface area contributed by atoms with Gasteiger partial charge in [0.05, 0.1) is 0 Å². The third kappa shape index (κ3) is 1.54. The predicted molar refractivity (Wildman–Crippen MR) is 19.1 cm³/mol. The van der Waals surface area contributed by atoms with Crippen molar-refractivity contribution in [2.75, 3.05) is 7.05 Å². The minimum absolute atomic E-state index is 0.306. The summed E-state index contributed by atoms with van der Waals surface area (Å²) in [6, 6.07) is -0.852. The van der Waals surface area contributed by atoms with E-state index in [0.717, 1.165) is 7.05 Å². The van der Waals surface area contributed by atoms with Crippen LogP contribution in [0.15, 0.2) is 0 Å². The molecule has 0 atom stereocenters. The van der Waals surface area contributed by atoms with Crippen LogP contribution in [-0.4, -0.2) is 23.3 Å². The molecule has 0 aromatic heterocycles. The molecule has 0 aromatic rings. The van der Waals surface area contributed by atoms with Gasteiger partial charge in [0.25, 0.3) is 0 Å². The topological polar surface area (TPSA) is 66.6 Å². The number of hydrogen-bond donors (Lipinski definition) is 2. The first kappa shape index (κ1) is 5.23. The monoisotopic (exact) mass is 90.0 g/mol. The van der Waals surface area contributed by atoms with Crippen LogP contribution in [0.25, 0.3) is 0 Å². The molecule has 0 aromatic carbocycles. The van der Waals surface area contributed by atoms with E-state index in [1.807, 2.05) is 0 Å². The highest BCUT2D eigenvalue weighted by molar-refractivity contribution is 5.70. The van der Waals surface area contributed by atoms with Crippen molar-refractivity contribution in [1.29, 1.82) is 0 Å². The minimum Gasteiger partial charge on any atom is -0.350 e. The molecule has 0 unspecified atom stereocenters. The minimum atomic E-state index is -0.852. The number of carbonyl (C=O) groups is 1. The molecule has 0 fully saturated rings. The van der Waals surface area contributed by atoms with Crippen molar-refractivity contribution in [1.82, 2.24) is 5.06 Å². The van der Waals surface area contributed by atoms with Gasteiger partial charge in [-0.25, -0.2) is 9.86 Å². The fourth-order valence-corrected chi connectivity index (χ4v) is 0. The molecule has 2 amide bonds. The second-order valence-electron chi connectivity index (χ2n) is 0.862. The number of hydrogen-bond acceptors (Lipinski definition) is 2. The van der Waals surface area contributed by atoms with Gasteiger partial charge in [0, 0.05) is 7.05 Å². The van der Waals surface area contributed by atoms with E-state index in [2.05, 4.69) is 5.73 Å². The molecular weight excluding hydrogens is 84.0 g/mol. The van der Waals surface area contributed by atoms with Gasteiger partial charge in [0.1, 0.15) is 0 Å². The molecule has 0 saturated heterocycles. The number of amides is 2. The van der Waals surface area contributed by atoms with E-state index < -0.39 is 6.03 Å². The Kier molecular flexibility index (Phi) is 1.41. The van der Waals surface area contributed by atoms with Gasteiger partial charge in [-0.3, -0.25) is 5.21 Å². The lowest BCUT2D eigenvalue weighted by Gasteiger charge is -1.99. The van der Waals surface area contributed by atoms with Gasteiger partial charge in [0.2, 0.25) is 0 Å². The first-order chi connectivity index (χ1) is 2.64. The Morgan fingerprint density at radius 2 is 2.17 bits per heavy atom. The predicted octanol–water partition coefficient (Wildman–Crippen LogP) is -0.614. The summed E-state index contributed by atoms with van der Waals surface area (Å²) >= 11 is 0. The summed E-state index contributed by atoms with van der Waals surface area (Å²) in [6.07, 6.45) is 0. The first-order valence-corrected chi connectivity index (χ1v) is 1.36. The van der Waals surface area contributed by atoms with Crippen LogP contribution in [0.2, 0.25) is 0 Å². The molecule has 0 aliphatic carbocycles. The first-order valence-electron chi connectivity index (χ1n) is 1.36. The highest BCUT2D eigenvalue weighted by Crippen LogP contribution is 1.64. The number of nitrogens with two attached hydrogens (primary N) is 1. The number of nitrogens with zero attached hydrogens (tertiary/aromatic N) is 1. The third-order valence-corrected chi connectivity index (χ3v) is 0.319. The fraction of sp³-hybridized carbons (Fsp3) is 0.500. The van der Waals surface area contributed by atoms with Crippen LogP contribution in [0.5, 0.6) is 0 Å². The van der Waals surface area contributed by atoms with Crippen molar-refractivity contribution < 1.29 is 10.0 Å². The standard InChI is InChI=1S/C2H6N2O2/c1-4(6)2(3)5/h6H,1H3,(H2,3,5). The summed E-state index contributed by atoms with van der Waals surface area (Å²) in [6.45, 7) is 0. The molecule has 36 valence electrons. The molecule has 0 heterocycles. The fourth-order valence-electron chi connectivity index (χ4n) is 0. The number of hydroxylamine groups is 2. The van der Waals surface area contributed by atoms with Gasteiger partial charge in [-0.1, -0.05) is 0 Å². The van der Waals surface area contributed by atoms with Crippen LogP contribution < -0.4 is 5.73 Å². The summed E-state index contributed by atoms with van der Waals surface area (Å²) in [5, 5.41) is 8.29. The Bertz CT molecular complexity index is 60.6. The largest absolute Gasteiger partial charge is 0.350 e. The maximum atomic E-state index is 9.60. The molecule has 0 rings (SSSR count). The lowest BCUT2D eigenvalue weighted by atomic mass is 11.0. The zero-order valence-electron chi connectivity index (χ0n) is 3.38. The highest BCUT2D eigenvalue weighted by atomic mass is 16.5. The van der Waals surface area contributed by atoms with E-state index in [1.165, 1.54) is 0 Å². The average molecular weight is 90.1 g/mol. The summed E-state index contributed by atoms with van der Waals surface area (Å²) in [7, 11) is 1.16. The zero-order valence-corrected chi connectivity index (χ0v) is 3.38. The van der Waals surface area contributed by atoms with E-state index in [1.54, 1.807) is 0 Å². The van der Waals surface area contributed by atoms with E-state index >= 15 is 0 Å². The van der Waals surface area contributed by atoms with Crippen LogP contribution in [0.1, 0.15) is 0 Å². The number of urea groups is 1. The molecule has 0 radical (unpaired) electrons. The van der Waals surface area contributed by atoms with E-state index in [-0.39, 0.29) is 0 Å². The molecule has 4 nitrogen and oxygen atoms in total. The van der Waals surface area contributed by atoms with Gasteiger partial charge >= 0.3 is 6.03 Å². The van der Waals surface area contributed by atoms with Gasteiger partial charge in [-0.05, 0) is 0 Å². The number of primary amides is 1. The van der Waals surface area contributed by atoms with Crippen molar-refractivity contribution in [2.45, 2.75) is 0 Å². The quantitative estimate of drug-likeness (QED) is 0.307. The van der Waals surface area contributed by atoms with Crippen molar-refractivity contribution in [3.8, 4) is 0 Å². The van der Waals surface area contributed by atoms with Crippen LogP contribution >= 0.6 is 0 Å². The number of rotatable bonds is 0. The third-order valence-electron chi connectivity index (χ3n) is 0.319. The molecular formula is C2H6N2O2. The second kappa shape index (κ2) is 1.61. The Balaban J connectivity index is 3.26. The van der Waals surface area contributed by atoms with Crippen LogP contribution in [0, 0.1) is 0 Å². The maximum Gasteiger partial charge on any atom is 0.338 e. The smallest absolute Gasteiger partial charge is 0.338 e. The molecule has 3 N–H and O–H groups in total. The molecule has 0 saturated carbocycles. The highest BCUT2D eigenvalue weighted by Gasteiger charge is 1.91.